The fourth-order valence-corrected chi connectivity index (χ4v) is 4.62. The van der Waals surface area contributed by atoms with Crippen LogP contribution in [0.3, 0.4) is 0 Å². The monoisotopic (exact) mass is 470 g/mol. The summed E-state index contributed by atoms with van der Waals surface area (Å²) in [4.78, 5) is 15.4. The van der Waals surface area contributed by atoms with Crippen LogP contribution < -0.4 is 20.5 Å². The van der Waals surface area contributed by atoms with E-state index in [-0.39, 0.29) is 40.8 Å². The lowest BCUT2D eigenvalue weighted by Crippen LogP contribution is -2.35. The average molecular weight is 471 g/mol. The molecule has 1 aliphatic heterocycles. The molecule has 3 heterocycles. The first-order chi connectivity index (χ1) is 16.3. The first-order valence-corrected chi connectivity index (χ1v) is 11.4. The van der Waals surface area contributed by atoms with Crippen LogP contribution in [0.15, 0.2) is 6.07 Å². The molecule has 1 aromatic carbocycles. The molecule has 0 spiro atoms. The fraction of sp³-hybridized carbons (Fsp3) is 0.458. The van der Waals surface area contributed by atoms with Crippen molar-refractivity contribution in [1.82, 2.24) is 19.9 Å². The molecule has 1 atom stereocenters. The summed E-state index contributed by atoms with van der Waals surface area (Å²) in [5, 5.41) is 3.58. The second-order valence-corrected chi connectivity index (χ2v) is 9.12. The number of nitrogens with one attached hydrogen (secondary N) is 1. The Balaban J connectivity index is 1.80. The number of benzene rings is 1. The van der Waals surface area contributed by atoms with Crippen LogP contribution in [0.25, 0.3) is 22.2 Å². The second-order valence-electron chi connectivity index (χ2n) is 9.12. The van der Waals surface area contributed by atoms with Gasteiger partial charge in [0, 0.05) is 25.2 Å². The van der Waals surface area contributed by atoms with Gasteiger partial charge in [-0.05, 0) is 56.8 Å². The summed E-state index contributed by atoms with van der Waals surface area (Å²) in [5.74, 6) is -0.423. The molecule has 3 aromatic rings. The lowest BCUT2D eigenvalue weighted by molar-refractivity contribution is 0.161. The topological polar surface area (TPSA) is 98.4 Å². The van der Waals surface area contributed by atoms with Gasteiger partial charge in [0.2, 0.25) is 5.88 Å². The fourth-order valence-electron chi connectivity index (χ4n) is 4.62. The SMILES string of the molecule is COc1nc2c3c(nc(-c4cc(N)c(F)c(C5CC5)c4C)c(F)c3n1)OC(C)CN(C)CCN2. The van der Waals surface area contributed by atoms with Gasteiger partial charge in [-0.1, -0.05) is 0 Å². The molecule has 10 heteroatoms. The molecular weight excluding hydrogens is 442 g/mol. The van der Waals surface area contributed by atoms with Crippen molar-refractivity contribution < 1.29 is 18.3 Å². The smallest absolute Gasteiger partial charge is 0.318 e. The predicted molar refractivity (Wildman–Crippen MR) is 126 cm³/mol. The number of ether oxygens (including phenoxy) is 2. The molecule has 1 saturated carbocycles. The van der Waals surface area contributed by atoms with E-state index in [2.05, 4.69) is 25.2 Å². The first kappa shape index (κ1) is 22.5. The number of hydrogen-bond donors (Lipinski definition) is 2. The van der Waals surface area contributed by atoms with Crippen molar-refractivity contribution in [3.05, 3.63) is 28.8 Å². The zero-order valence-corrected chi connectivity index (χ0v) is 19.7. The third-order valence-electron chi connectivity index (χ3n) is 6.42. The Labute approximate surface area is 196 Å². The average Bonchev–Trinajstić information content (AvgIpc) is 3.63. The number of nitrogens with two attached hydrogens (primary N) is 1. The van der Waals surface area contributed by atoms with E-state index in [1.807, 2.05) is 14.0 Å². The summed E-state index contributed by atoms with van der Waals surface area (Å²) in [5.41, 5.74) is 7.60. The molecule has 3 N–H and O–H groups in total. The highest BCUT2D eigenvalue weighted by molar-refractivity contribution is 5.96. The van der Waals surface area contributed by atoms with E-state index in [9.17, 15) is 4.39 Å². The molecule has 1 unspecified atom stereocenters. The molecule has 0 saturated heterocycles. The molecule has 0 radical (unpaired) electrons. The molecule has 34 heavy (non-hydrogen) atoms. The van der Waals surface area contributed by atoms with E-state index in [0.717, 1.165) is 19.4 Å². The summed E-state index contributed by atoms with van der Waals surface area (Å²) in [7, 11) is 3.42. The zero-order valence-electron chi connectivity index (χ0n) is 19.7. The maximum absolute atomic E-state index is 16.1. The lowest BCUT2D eigenvalue weighted by atomic mass is 9.94. The minimum atomic E-state index is -0.663. The van der Waals surface area contributed by atoms with Crippen molar-refractivity contribution in [2.45, 2.75) is 38.7 Å². The Morgan fingerprint density at radius 1 is 1.21 bits per heavy atom. The molecular formula is C24H28F2N6O2. The van der Waals surface area contributed by atoms with Crippen molar-refractivity contribution in [3.63, 3.8) is 0 Å². The van der Waals surface area contributed by atoms with Crippen LogP contribution >= 0.6 is 0 Å². The number of nitrogen functional groups attached to an aromatic ring is 1. The number of rotatable bonds is 3. The number of hydrogen-bond acceptors (Lipinski definition) is 8. The predicted octanol–water partition coefficient (Wildman–Crippen LogP) is 3.87. The summed E-state index contributed by atoms with van der Waals surface area (Å²) >= 11 is 0. The minimum absolute atomic E-state index is 0.0120. The van der Waals surface area contributed by atoms with E-state index in [4.69, 9.17) is 15.2 Å². The number of halogens is 2. The third kappa shape index (κ3) is 3.85. The lowest BCUT2D eigenvalue weighted by Gasteiger charge is -2.25. The van der Waals surface area contributed by atoms with Gasteiger partial charge < -0.3 is 25.4 Å². The van der Waals surface area contributed by atoms with Gasteiger partial charge in [0.15, 0.2) is 5.82 Å². The number of pyridine rings is 1. The van der Waals surface area contributed by atoms with Crippen molar-refractivity contribution in [1.29, 1.82) is 0 Å². The van der Waals surface area contributed by atoms with Gasteiger partial charge in [-0.25, -0.2) is 13.8 Å². The van der Waals surface area contributed by atoms with Gasteiger partial charge in [-0.3, -0.25) is 0 Å². The number of anilines is 2. The van der Waals surface area contributed by atoms with E-state index in [1.165, 1.54) is 13.2 Å². The Morgan fingerprint density at radius 3 is 2.68 bits per heavy atom. The minimum Gasteiger partial charge on any atom is -0.473 e. The molecule has 0 bridgehead atoms. The summed E-state index contributed by atoms with van der Waals surface area (Å²) < 4.78 is 42.4. The highest BCUT2D eigenvalue weighted by Gasteiger charge is 2.32. The maximum Gasteiger partial charge on any atom is 0.318 e. The summed E-state index contributed by atoms with van der Waals surface area (Å²) in [6.45, 7) is 5.68. The molecule has 2 aliphatic rings. The standard InChI is InChI=1S/C24H28F2N6O2/c1-11-10-32(3)8-7-28-22-17-21(30-24(31-22)33-4)19(26)20(29-23(17)34-11)14-9-15(27)18(25)16(12(14)2)13-5-6-13/h9,11,13H,5-8,10,27H2,1-4H3,(H,28,30,31). The van der Waals surface area contributed by atoms with Gasteiger partial charge in [-0.2, -0.15) is 9.97 Å². The van der Waals surface area contributed by atoms with Gasteiger partial charge in [0.1, 0.15) is 34.3 Å². The number of methoxy groups -OCH3 is 1. The third-order valence-corrected chi connectivity index (χ3v) is 6.42. The van der Waals surface area contributed by atoms with Crippen LogP contribution in [0.1, 0.15) is 36.8 Å². The van der Waals surface area contributed by atoms with Crippen molar-refractivity contribution in [2.75, 3.05) is 44.8 Å². The first-order valence-electron chi connectivity index (χ1n) is 11.4. The second kappa shape index (κ2) is 8.50. The Hall–Kier alpha value is -3.27. The molecule has 180 valence electrons. The van der Waals surface area contributed by atoms with Gasteiger partial charge >= 0.3 is 6.01 Å². The number of nitrogens with zero attached hydrogens (tertiary/aromatic N) is 4. The molecule has 8 nitrogen and oxygen atoms in total. The van der Waals surface area contributed by atoms with Crippen LogP contribution in [0.2, 0.25) is 0 Å². The zero-order chi connectivity index (χ0) is 24.1. The molecule has 2 aromatic heterocycles. The molecule has 5 rings (SSSR count). The molecule has 0 amide bonds. The van der Waals surface area contributed by atoms with E-state index in [1.54, 1.807) is 6.92 Å². The van der Waals surface area contributed by atoms with Crippen LogP contribution in [-0.4, -0.2) is 59.7 Å². The number of aromatic nitrogens is 3. The van der Waals surface area contributed by atoms with Crippen LogP contribution in [0.4, 0.5) is 20.3 Å². The highest BCUT2D eigenvalue weighted by Crippen LogP contribution is 2.47. The maximum atomic E-state index is 16.1. The molecule has 1 aliphatic carbocycles. The quantitative estimate of drug-likeness (QED) is 0.557. The van der Waals surface area contributed by atoms with Crippen LogP contribution in [-0.2, 0) is 0 Å². The normalized spacial score (nSPS) is 18.9. The van der Waals surface area contributed by atoms with Gasteiger partial charge in [0.05, 0.1) is 12.8 Å². The van der Waals surface area contributed by atoms with Crippen LogP contribution in [0, 0.1) is 18.6 Å². The Kier molecular flexibility index (Phi) is 5.63. The van der Waals surface area contributed by atoms with Crippen LogP contribution in [0.5, 0.6) is 11.9 Å². The Morgan fingerprint density at radius 2 is 1.97 bits per heavy atom. The summed E-state index contributed by atoms with van der Waals surface area (Å²) in [6, 6.07) is 1.46. The van der Waals surface area contributed by atoms with E-state index >= 15 is 4.39 Å². The van der Waals surface area contributed by atoms with Crippen molar-refractivity contribution in [2.24, 2.45) is 0 Å². The highest BCUT2D eigenvalue weighted by atomic mass is 19.1. The van der Waals surface area contributed by atoms with E-state index in [0.29, 0.717) is 41.0 Å². The molecule has 1 fully saturated rings. The van der Waals surface area contributed by atoms with Gasteiger partial charge in [0.25, 0.3) is 0 Å². The summed E-state index contributed by atoms with van der Waals surface area (Å²) in [6.07, 6.45) is 1.54. The largest absolute Gasteiger partial charge is 0.473 e. The Bertz CT molecular complexity index is 1280. The van der Waals surface area contributed by atoms with Crippen molar-refractivity contribution in [3.8, 4) is 23.1 Å². The van der Waals surface area contributed by atoms with Gasteiger partial charge in [-0.15, -0.1) is 0 Å². The van der Waals surface area contributed by atoms with E-state index < -0.39 is 11.6 Å². The van der Waals surface area contributed by atoms with Crippen molar-refractivity contribution >= 4 is 22.4 Å². The number of likely N-dealkylation sites (N-methyl/N-ethyl adjacent to an activating group) is 1.